The average Bonchev–Trinajstić information content (AvgIpc) is 3.36. The maximum Gasteiger partial charge on any atom is 0.162 e. The summed E-state index contributed by atoms with van der Waals surface area (Å²) in [5.74, 6) is -0.00607. The van der Waals surface area contributed by atoms with Crippen molar-refractivity contribution in [2.75, 3.05) is 20.3 Å². The lowest BCUT2D eigenvalue weighted by atomic mass is 9.63. The van der Waals surface area contributed by atoms with Crippen molar-refractivity contribution in [1.29, 1.82) is 0 Å². The number of fused-ring (bicyclic) bond motifs is 2. The van der Waals surface area contributed by atoms with E-state index in [-0.39, 0.29) is 28.3 Å². The Hall–Kier alpha value is -3.96. The Morgan fingerprint density at radius 1 is 0.783 bits per heavy atom. The minimum absolute atomic E-state index is 0.147. The number of ketones is 2. The van der Waals surface area contributed by atoms with E-state index in [0.717, 1.165) is 64.8 Å². The Labute approximate surface area is 272 Å². The maximum absolute atomic E-state index is 14.4. The zero-order chi connectivity index (χ0) is 32.4. The lowest BCUT2D eigenvalue weighted by Crippen LogP contribution is -2.44. The van der Waals surface area contributed by atoms with Gasteiger partial charge in [-0.2, -0.15) is 0 Å². The molecule has 2 heterocycles. The number of hydrogen-bond donors (Lipinski definition) is 0. The number of rotatable bonds is 7. The van der Waals surface area contributed by atoms with Gasteiger partial charge >= 0.3 is 0 Å². The summed E-state index contributed by atoms with van der Waals surface area (Å²) in [5, 5.41) is 3.61. The number of ether oxygens (including phenoxy) is 1. The second-order valence-corrected chi connectivity index (χ2v) is 15.3. The number of carbonyl (C=O) groups excluding carboxylic acids is 2. The molecule has 0 bridgehead atoms. The molecule has 1 aliphatic heterocycles. The molecule has 0 N–H and O–H groups in total. The van der Waals surface area contributed by atoms with E-state index in [1.54, 1.807) is 7.11 Å². The molecule has 0 saturated carbocycles. The molecular formula is C41H46N2O3. The summed E-state index contributed by atoms with van der Waals surface area (Å²) in [6, 6.07) is 21.5. The summed E-state index contributed by atoms with van der Waals surface area (Å²) >= 11 is 0. The number of aryl methyl sites for hydroxylation is 1. The Morgan fingerprint density at radius 3 is 2.04 bits per heavy atom. The molecular weight excluding hydrogens is 568 g/mol. The number of hydrogen-bond acceptors (Lipinski definition) is 4. The van der Waals surface area contributed by atoms with E-state index in [2.05, 4.69) is 111 Å². The predicted octanol–water partition coefficient (Wildman–Crippen LogP) is 8.87. The molecule has 0 atom stereocenters. The third-order valence-corrected chi connectivity index (χ3v) is 10.5. The van der Waals surface area contributed by atoms with Crippen LogP contribution in [0.3, 0.4) is 0 Å². The van der Waals surface area contributed by atoms with Crippen molar-refractivity contribution in [2.45, 2.75) is 79.2 Å². The van der Waals surface area contributed by atoms with Crippen LogP contribution < -0.4 is 0 Å². The van der Waals surface area contributed by atoms with Crippen molar-refractivity contribution in [2.24, 2.45) is 10.8 Å². The van der Waals surface area contributed by atoms with Gasteiger partial charge in [0.1, 0.15) is 0 Å². The molecule has 3 aromatic carbocycles. The minimum Gasteiger partial charge on any atom is -0.385 e. The average molecular weight is 615 g/mol. The molecule has 7 rings (SSSR count). The Bertz CT molecular complexity index is 1900. The molecule has 0 fully saturated rings. The van der Waals surface area contributed by atoms with Crippen LogP contribution in [0.5, 0.6) is 0 Å². The minimum atomic E-state index is -0.365. The standard InChI is InChI=1S/C41H46N2O3/c1-26-16-17-27-12-7-8-13-28(27)30(26)24-42-25-31(29-14-9-10-15-32(29)42)37-38-33(20-40(2,3)22-35(38)44)43(18-11-19-46-6)34-21-41(4,5)23-36(45)39(34)37/h7-10,12-17,25,37H,11,18-24H2,1-6H3. The van der Waals surface area contributed by atoms with Gasteiger partial charge in [-0.05, 0) is 70.5 Å². The number of aromatic nitrogens is 1. The highest BCUT2D eigenvalue weighted by Crippen LogP contribution is 2.55. The number of carbonyl (C=O) groups is 2. The molecule has 238 valence electrons. The predicted molar refractivity (Wildman–Crippen MR) is 186 cm³/mol. The lowest BCUT2D eigenvalue weighted by molar-refractivity contribution is -0.119. The zero-order valence-corrected chi connectivity index (χ0v) is 28.2. The van der Waals surface area contributed by atoms with Gasteiger partial charge in [-0.25, -0.2) is 0 Å². The number of methoxy groups -OCH3 is 1. The molecule has 2 aliphatic carbocycles. The van der Waals surface area contributed by atoms with Crippen molar-refractivity contribution in [3.8, 4) is 0 Å². The van der Waals surface area contributed by atoms with Gasteiger partial charge in [0, 0.05) is 85.2 Å². The van der Waals surface area contributed by atoms with E-state index in [4.69, 9.17) is 4.74 Å². The monoisotopic (exact) mass is 614 g/mol. The second-order valence-electron chi connectivity index (χ2n) is 15.3. The number of nitrogens with zero attached hydrogens (tertiary/aromatic N) is 2. The number of para-hydroxylation sites is 1. The van der Waals surface area contributed by atoms with E-state index < -0.39 is 0 Å². The van der Waals surface area contributed by atoms with Gasteiger partial charge in [0.2, 0.25) is 0 Å². The number of Topliss-reactive ketones (excluding diaryl/α,β-unsaturated/α-hetero) is 2. The van der Waals surface area contributed by atoms with Gasteiger partial charge < -0.3 is 14.2 Å². The molecule has 46 heavy (non-hydrogen) atoms. The van der Waals surface area contributed by atoms with Gasteiger partial charge in [0.25, 0.3) is 0 Å². The first-order chi connectivity index (χ1) is 22.0. The highest BCUT2D eigenvalue weighted by molar-refractivity contribution is 6.08. The van der Waals surface area contributed by atoms with Gasteiger partial charge in [0.05, 0.1) is 0 Å². The molecule has 0 saturated heterocycles. The van der Waals surface area contributed by atoms with E-state index in [1.165, 1.54) is 21.9 Å². The lowest BCUT2D eigenvalue weighted by Gasteiger charge is -2.49. The van der Waals surface area contributed by atoms with E-state index >= 15 is 0 Å². The summed E-state index contributed by atoms with van der Waals surface area (Å²) in [5.41, 5.74) is 8.38. The highest BCUT2D eigenvalue weighted by atomic mass is 16.5. The fourth-order valence-electron chi connectivity index (χ4n) is 8.46. The van der Waals surface area contributed by atoms with Gasteiger partial charge in [-0.3, -0.25) is 9.59 Å². The molecule has 5 nitrogen and oxygen atoms in total. The SMILES string of the molecule is COCCCN1C2=C(C(=O)CC(C)(C)C2)C(c2cn(Cc3c(C)ccc4ccccc34)c3ccccc23)C2=C1CC(C)(C)CC2=O. The quantitative estimate of drug-likeness (QED) is 0.195. The van der Waals surface area contributed by atoms with Crippen molar-refractivity contribution >= 4 is 33.2 Å². The zero-order valence-electron chi connectivity index (χ0n) is 28.2. The maximum atomic E-state index is 14.4. The fourth-order valence-corrected chi connectivity index (χ4v) is 8.46. The van der Waals surface area contributed by atoms with Crippen molar-refractivity contribution in [3.63, 3.8) is 0 Å². The third-order valence-electron chi connectivity index (χ3n) is 10.5. The number of allylic oxidation sites excluding steroid dienone is 4. The normalized spacial score (nSPS) is 19.7. The van der Waals surface area contributed by atoms with Gasteiger partial charge in [-0.1, -0.05) is 82.3 Å². The Kier molecular flexibility index (Phi) is 7.59. The van der Waals surface area contributed by atoms with Gasteiger partial charge in [-0.15, -0.1) is 0 Å². The van der Waals surface area contributed by atoms with Crippen LogP contribution in [0.1, 0.15) is 82.4 Å². The molecule has 0 radical (unpaired) electrons. The van der Waals surface area contributed by atoms with Crippen LogP contribution in [0.25, 0.3) is 21.7 Å². The Morgan fingerprint density at radius 2 is 1.39 bits per heavy atom. The van der Waals surface area contributed by atoms with Crippen molar-refractivity contribution in [1.82, 2.24) is 9.47 Å². The molecule has 4 aromatic rings. The summed E-state index contributed by atoms with van der Waals surface area (Å²) in [6.45, 7) is 13.1. The topological polar surface area (TPSA) is 51.5 Å². The van der Waals surface area contributed by atoms with Crippen LogP contribution in [0.2, 0.25) is 0 Å². The van der Waals surface area contributed by atoms with Crippen molar-refractivity contribution in [3.05, 3.63) is 106 Å². The smallest absolute Gasteiger partial charge is 0.162 e. The molecule has 0 amide bonds. The first-order valence-corrected chi connectivity index (χ1v) is 16.8. The Balaban J connectivity index is 1.46. The largest absolute Gasteiger partial charge is 0.385 e. The van der Waals surface area contributed by atoms with E-state index in [1.807, 2.05) is 0 Å². The van der Waals surface area contributed by atoms with Crippen LogP contribution in [-0.4, -0.2) is 41.3 Å². The van der Waals surface area contributed by atoms with Crippen LogP contribution in [0.4, 0.5) is 0 Å². The summed E-state index contributed by atoms with van der Waals surface area (Å²) < 4.78 is 7.81. The summed E-state index contributed by atoms with van der Waals surface area (Å²) in [6.07, 6.45) is 5.70. The summed E-state index contributed by atoms with van der Waals surface area (Å²) in [4.78, 5) is 31.1. The van der Waals surface area contributed by atoms with Gasteiger partial charge in [0.15, 0.2) is 11.6 Å². The van der Waals surface area contributed by atoms with Crippen LogP contribution in [0.15, 0.2) is 89.4 Å². The van der Waals surface area contributed by atoms with E-state index in [0.29, 0.717) is 26.0 Å². The molecule has 0 spiro atoms. The van der Waals surface area contributed by atoms with Crippen LogP contribution in [0, 0.1) is 17.8 Å². The third kappa shape index (κ3) is 5.23. The molecule has 0 unspecified atom stereocenters. The molecule has 1 aromatic heterocycles. The molecule has 5 heteroatoms. The number of benzene rings is 3. The van der Waals surface area contributed by atoms with Crippen LogP contribution in [-0.2, 0) is 20.9 Å². The fraction of sp³-hybridized carbons (Fsp3) is 0.415. The van der Waals surface area contributed by atoms with Crippen molar-refractivity contribution < 1.29 is 14.3 Å². The second kappa shape index (κ2) is 11.4. The van der Waals surface area contributed by atoms with Crippen LogP contribution >= 0.6 is 0 Å². The first-order valence-electron chi connectivity index (χ1n) is 16.8. The summed E-state index contributed by atoms with van der Waals surface area (Å²) in [7, 11) is 1.73. The molecule has 3 aliphatic rings. The highest BCUT2D eigenvalue weighted by Gasteiger charge is 2.49. The van der Waals surface area contributed by atoms with E-state index in [9.17, 15) is 9.59 Å². The first kappa shape index (κ1) is 30.7.